The molecule has 3 N–H and O–H groups in total. The normalized spacial score (nSPS) is 11.5. The Morgan fingerprint density at radius 2 is 2.28 bits per heavy atom. The summed E-state index contributed by atoms with van der Waals surface area (Å²) in [6.45, 7) is 5.87. The van der Waals surface area contributed by atoms with E-state index in [0.29, 0.717) is 5.92 Å². The van der Waals surface area contributed by atoms with Gasteiger partial charge in [0.25, 0.3) is 0 Å². The number of benzene rings is 1. The first-order valence-corrected chi connectivity index (χ1v) is 7.09. The molecule has 0 spiro atoms. The van der Waals surface area contributed by atoms with Gasteiger partial charge < -0.3 is 15.5 Å². The molecule has 4 nitrogen and oxygen atoms in total. The fourth-order valence-electron chi connectivity index (χ4n) is 1.59. The van der Waals surface area contributed by atoms with Crippen LogP contribution in [0.4, 0.5) is 5.69 Å². The van der Waals surface area contributed by atoms with E-state index in [1.807, 2.05) is 18.2 Å². The van der Waals surface area contributed by atoms with E-state index in [1.165, 1.54) is 0 Å². The molecule has 1 aromatic carbocycles. The standard InChI is InChI=1S/C13H19N3OS/c1-9(2)8-17-5-6-18-13-15-11-4-3-10(14)7-12(11)16-13/h3-4,7,9H,5-6,8,14H2,1-2H3,(H,15,16). The zero-order valence-corrected chi connectivity index (χ0v) is 11.6. The molecule has 0 saturated carbocycles. The third kappa shape index (κ3) is 3.65. The van der Waals surface area contributed by atoms with Crippen LogP contribution in [0.15, 0.2) is 23.4 Å². The van der Waals surface area contributed by atoms with E-state index in [9.17, 15) is 0 Å². The van der Waals surface area contributed by atoms with Gasteiger partial charge in [-0.3, -0.25) is 0 Å². The van der Waals surface area contributed by atoms with E-state index in [-0.39, 0.29) is 0 Å². The maximum atomic E-state index is 5.73. The summed E-state index contributed by atoms with van der Waals surface area (Å²) in [4.78, 5) is 7.74. The summed E-state index contributed by atoms with van der Waals surface area (Å²) in [6, 6.07) is 5.70. The molecule has 98 valence electrons. The number of nitrogens with one attached hydrogen (secondary N) is 1. The average molecular weight is 265 g/mol. The highest BCUT2D eigenvalue weighted by Gasteiger charge is 2.03. The van der Waals surface area contributed by atoms with Gasteiger partial charge in [-0.1, -0.05) is 25.6 Å². The average Bonchev–Trinajstić information content (AvgIpc) is 2.70. The number of nitrogens with two attached hydrogens (primary N) is 1. The number of hydrogen-bond donors (Lipinski definition) is 2. The van der Waals surface area contributed by atoms with Crippen LogP contribution in [-0.4, -0.2) is 28.9 Å². The smallest absolute Gasteiger partial charge is 0.166 e. The van der Waals surface area contributed by atoms with Gasteiger partial charge in [-0.15, -0.1) is 0 Å². The lowest BCUT2D eigenvalue weighted by atomic mass is 10.2. The van der Waals surface area contributed by atoms with Crippen LogP contribution in [0.5, 0.6) is 0 Å². The van der Waals surface area contributed by atoms with E-state index in [0.717, 1.165) is 40.8 Å². The number of rotatable bonds is 6. The molecule has 0 amide bonds. The van der Waals surface area contributed by atoms with Gasteiger partial charge in [0.05, 0.1) is 17.6 Å². The highest BCUT2D eigenvalue weighted by molar-refractivity contribution is 7.99. The third-order valence-corrected chi connectivity index (χ3v) is 3.24. The van der Waals surface area contributed by atoms with Gasteiger partial charge in [0.1, 0.15) is 0 Å². The number of aromatic amines is 1. The lowest BCUT2D eigenvalue weighted by molar-refractivity contribution is 0.124. The molecule has 0 saturated heterocycles. The number of H-pyrrole nitrogens is 1. The van der Waals surface area contributed by atoms with Gasteiger partial charge in [-0.25, -0.2) is 4.98 Å². The van der Waals surface area contributed by atoms with Crippen LogP contribution in [0.1, 0.15) is 13.8 Å². The Labute approximate surface area is 111 Å². The van der Waals surface area contributed by atoms with Crippen molar-refractivity contribution in [2.24, 2.45) is 5.92 Å². The molecule has 1 aromatic heterocycles. The third-order valence-electron chi connectivity index (χ3n) is 2.40. The molecular weight excluding hydrogens is 246 g/mol. The van der Waals surface area contributed by atoms with E-state index in [2.05, 4.69) is 23.8 Å². The van der Waals surface area contributed by atoms with Gasteiger partial charge in [-0.05, 0) is 24.1 Å². The molecule has 0 aliphatic carbocycles. The van der Waals surface area contributed by atoms with E-state index >= 15 is 0 Å². The fraction of sp³-hybridized carbons (Fsp3) is 0.462. The molecule has 5 heteroatoms. The molecule has 0 unspecified atom stereocenters. The van der Waals surface area contributed by atoms with Crippen LogP contribution in [0.3, 0.4) is 0 Å². The van der Waals surface area contributed by atoms with Gasteiger partial charge >= 0.3 is 0 Å². The van der Waals surface area contributed by atoms with E-state index in [1.54, 1.807) is 11.8 Å². The summed E-state index contributed by atoms with van der Waals surface area (Å²) >= 11 is 1.67. The van der Waals surface area contributed by atoms with Crippen molar-refractivity contribution in [3.05, 3.63) is 18.2 Å². The summed E-state index contributed by atoms with van der Waals surface area (Å²) in [7, 11) is 0. The zero-order chi connectivity index (χ0) is 13.0. The largest absolute Gasteiger partial charge is 0.399 e. The minimum Gasteiger partial charge on any atom is -0.399 e. The quantitative estimate of drug-likeness (QED) is 0.479. The van der Waals surface area contributed by atoms with Crippen LogP contribution >= 0.6 is 11.8 Å². The van der Waals surface area contributed by atoms with Crippen molar-refractivity contribution in [1.82, 2.24) is 9.97 Å². The topological polar surface area (TPSA) is 63.9 Å². The van der Waals surface area contributed by atoms with Crippen molar-refractivity contribution >= 4 is 28.5 Å². The van der Waals surface area contributed by atoms with Gasteiger partial charge in [0.2, 0.25) is 0 Å². The number of anilines is 1. The van der Waals surface area contributed by atoms with Gasteiger partial charge in [0.15, 0.2) is 5.16 Å². The van der Waals surface area contributed by atoms with Crippen molar-refractivity contribution in [3.8, 4) is 0 Å². The lowest BCUT2D eigenvalue weighted by Gasteiger charge is -2.05. The van der Waals surface area contributed by atoms with Crippen LogP contribution in [-0.2, 0) is 4.74 Å². The molecule has 0 bridgehead atoms. The Morgan fingerprint density at radius 1 is 1.44 bits per heavy atom. The van der Waals surface area contributed by atoms with Crippen LogP contribution in [0.2, 0.25) is 0 Å². The van der Waals surface area contributed by atoms with Crippen molar-refractivity contribution in [1.29, 1.82) is 0 Å². The molecule has 0 aliphatic rings. The number of nitrogens with zero attached hydrogens (tertiary/aromatic N) is 1. The Hall–Kier alpha value is -1.20. The summed E-state index contributed by atoms with van der Waals surface area (Å²) in [6.07, 6.45) is 0. The first-order chi connectivity index (χ1) is 8.65. The molecule has 2 rings (SSSR count). The molecule has 0 aliphatic heterocycles. The predicted molar refractivity (Wildman–Crippen MR) is 76.9 cm³/mol. The molecule has 2 aromatic rings. The SMILES string of the molecule is CC(C)COCCSc1nc2ccc(N)cc2[nH]1. The molecular formula is C13H19N3OS. The second kappa shape index (κ2) is 6.11. The molecule has 0 atom stereocenters. The summed E-state index contributed by atoms with van der Waals surface area (Å²) < 4.78 is 5.53. The van der Waals surface area contributed by atoms with Crippen molar-refractivity contribution in [3.63, 3.8) is 0 Å². The van der Waals surface area contributed by atoms with Gasteiger partial charge in [-0.2, -0.15) is 0 Å². The second-order valence-electron chi connectivity index (χ2n) is 4.64. The Bertz CT molecular complexity index is 510. The number of nitrogen functional groups attached to an aromatic ring is 1. The maximum absolute atomic E-state index is 5.73. The second-order valence-corrected chi connectivity index (χ2v) is 5.72. The number of imidazole rings is 1. The Kier molecular flexibility index (Phi) is 4.49. The summed E-state index contributed by atoms with van der Waals surface area (Å²) in [5.74, 6) is 1.49. The minimum atomic E-state index is 0.587. The van der Waals surface area contributed by atoms with Crippen molar-refractivity contribution < 1.29 is 4.74 Å². The lowest BCUT2D eigenvalue weighted by Crippen LogP contribution is -2.04. The minimum absolute atomic E-state index is 0.587. The van der Waals surface area contributed by atoms with E-state index < -0.39 is 0 Å². The fourth-order valence-corrected chi connectivity index (χ4v) is 2.33. The summed E-state index contributed by atoms with van der Waals surface area (Å²) in [5, 5.41) is 0.920. The number of ether oxygens (including phenoxy) is 1. The van der Waals surface area contributed by atoms with E-state index in [4.69, 9.17) is 10.5 Å². The number of aromatic nitrogens is 2. The highest BCUT2D eigenvalue weighted by atomic mass is 32.2. The maximum Gasteiger partial charge on any atom is 0.166 e. The first-order valence-electron chi connectivity index (χ1n) is 6.11. The molecule has 18 heavy (non-hydrogen) atoms. The predicted octanol–water partition coefficient (Wildman–Crippen LogP) is 2.91. The number of fused-ring (bicyclic) bond motifs is 1. The summed E-state index contributed by atoms with van der Waals surface area (Å²) in [5.41, 5.74) is 8.42. The number of hydrogen-bond acceptors (Lipinski definition) is 4. The van der Waals surface area contributed by atoms with Gasteiger partial charge in [0, 0.05) is 18.0 Å². The Morgan fingerprint density at radius 3 is 3.06 bits per heavy atom. The highest BCUT2D eigenvalue weighted by Crippen LogP contribution is 2.20. The molecule has 0 fully saturated rings. The Balaban J connectivity index is 1.84. The van der Waals surface area contributed by atoms with Crippen LogP contribution in [0.25, 0.3) is 11.0 Å². The zero-order valence-electron chi connectivity index (χ0n) is 10.8. The molecule has 1 heterocycles. The monoisotopic (exact) mass is 265 g/mol. The van der Waals surface area contributed by atoms with Crippen molar-refractivity contribution in [2.45, 2.75) is 19.0 Å². The van der Waals surface area contributed by atoms with Crippen molar-refractivity contribution in [2.75, 3.05) is 24.7 Å². The molecule has 0 radical (unpaired) electrons. The van der Waals surface area contributed by atoms with Crippen LogP contribution in [0, 0.1) is 5.92 Å². The number of thioether (sulfide) groups is 1. The first kappa shape index (κ1) is 13.2. The van der Waals surface area contributed by atoms with Crippen LogP contribution < -0.4 is 5.73 Å².